The number of ether oxygens (including phenoxy) is 2. The maximum absolute atomic E-state index is 6.04. The lowest BCUT2D eigenvalue weighted by atomic mass is 9.70. The third kappa shape index (κ3) is 3.22. The van der Waals surface area contributed by atoms with Crippen LogP contribution in [-0.2, 0) is 5.41 Å². The highest BCUT2D eigenvalue weighted by atomic mass is 16.5. The summed E-state index contributed by atoms with van der Waals surface area (Å²) in [4.78, 5) is 2.52. The molecule has 0 amide bonds. The molecule has 3 heteroatoms. The summed E-state index contributed by atoms with van der Waals surface area (Å²) in [5, 5.41) is 0. The highest BCUT2D eigenvalue weighted by Crippen LogP contribution is 2.47. The second kappa shape index (κ2) is 6.87. The van der Waals surface area contributed by atoms with Crippen LogP contribution < -0.4 is 9.47 Å². The van der Waals surface area contributed by atoms with E-state index in [0.29, 0.717) is 12.6 Å². The maximum atomic E-state index is 6.04. The standard InChI is InChI=1S/C22H29NO2/c1-3-14-24-20-15-18(9-10-19(20)25-16-17-7-8-17)22-11-5-4-6-21(22)23(2)13-12-22/h3,5,9-11,15,17,21H,1,4,6-8,12-14,16H2,2H3/t21?,22-/m0/s1. The van der Waals surface area contributed by atoms with Crippen molar-refractivity contribution in [3.05, 3.63) is 48.6 Å². The molecule has 1 saturated heterocycles. The predicted octanol–water partition coefficient (Wildman–Crippen LogP) is 4.33. The summed E-state index contributed by atoms with van der Waals surface area (Å²) in [6, 6.07) is 7.17. The van der Waals surface area contributed by atoms with E-state index in [0.717, 1.165) is 30.6 Å². The van der Waals surface area contributed by atoms with Crippen LogP contribution in [0.25, 0.3) is 0 Å². The molecule has 1 heterocycles. The zero-order valence-corrected chi connectivity index (χ0v) is 15.2. The molecular weight excluding hydrogens is 310 g/mol. The van der Waals surface area contributed by atoms with Gasteiger partial charge in [0.1, 0.15) is 6.61 Å². The van der Waals surface area contributed by atoms with Gasteiger partial charge in [0.25, 0.3) is 0 Å². The lowest BCUT2D eigenvalue weighted by Crippen LogP contribution is -2.41. The van der Waals surface area contributed by atoms with Gasteiger partial charge in [-0.1, -0.05) is 30.9 Å². The molecule has 0 spiro atoms. The van der Waals surface area contributed by atoms with Crippen molar-refractivity contribution in [2.45, 2.75) is 43.6 Å². The molecule has 0 radical (unpaired) electrons. The van der Waals surface area contributed by atoms with E-state index < -0.39 is 0 Å². The lowest BCUT2D eigenvalue weighted by Gasteiger charge is -2.38. The van der Waals surface area contributed by atoms with E-state index in [1.54, 1.807) is 6.08 Å². The molecule has 0 bridgehead atoms. The summed E-state index contributed by atoms with van der Waals surface area (Å²) in [6.45, 7) is 6.25. The first-order valence-corrected chi connectivity index (χ1v) is 9.62. The van der Waals surface area contributed by atoms with Crippen molar-refractivity contribution in [3.8, 4) is 11.5 Å². The summed E-state index contributed by atoms with van der Waals surface area (Å²) in [6.07, 6.45) is 12.8. The van der Waals surface area contributed by atoms with Crippen LogP contribution in [-0.4, -0.2) is 37.7 Å². The van der Waals surface area contributed by atoms with E-state index >= 15 is 0 Å². The van der Waals surface area contributed by atoms with Crippen molar-refractivity contribution in [3.63, 3.8) is 0 Å². The molecule has 2 aliphatic carbocycles. The molecule has 1 saturated carbocycles. The van der Waals surface area contributed by atoms with Crippen molar-refractivity contribution in [2.75, 3.05) is 26.8 Å². The lowest BCUT2D eigenvalue weighted by molar-refractivity contribution is 0.247. The van der Waals surface area contributed by atoms with E-state index in [-0.39, 0.29) is 5.41 Å². The maximum Gasteiger partial charge on any atom is 0.161 e. The zero-order valence-electron chi connectivity index (χ0n) is 15.2. The highest BCUT2D eigenvalue weighted by molar-refractivity contribution is 5.48. The minimum atomic E-state index is 0.119. The van der Waals surface area contributed by atoms with Gasteiger partial charge in [-0.2, -0.15) is 0 Å². The zero-order chi connectivity index (χ0) is 17.3. The fraction of sp³-hybridized carbons (Fsp3) is 0.545. The van der Waals surface area contributed by atoms with Crippen LogP contribution in [0.3, 0.4) is 0 Å². The summed E-state index contributed by atoms with van der Waals surface area (Å²) in [5.74, 6) is 2.47. The predicted molar refractivity (Wildman–Crippen MR) is 101 cm³/mol. The fourth-order valence-corrected chi connectivity index (χ4v) is 4.40. The normalized spacial score (nSPS) is 28.6. The van der Waals surface area contributed by atoms with Crippen molar-refractivity contribution >= 4 is 0 Å². The van der Waals surface area contributed by atoms with Crippen molar-refractivity contribution in [1.82, 2.24) is 4.90 Å². The van der Waals surface area contributed by atoms with Gasteiger partial charge in [0.05, 0.1) is 6.61 Å². The Labute approximate surface area is 151 Å². The van der Waals surface area contributed by atoms with Crippen molar-refractivity contribution < 1.29 is 9.47 Å². The van der Waals surface area contributed by atoms with Gasteiger partial charge in [-0.05, 0) is 69.3 Å². The molecule has 0 aromatic heterocycles. The number of likely N-dealkylation sites (N-methyl/N-ethyl adjacent to an activating group) is 1. The molecule has 3 nitrogen and oxygen atoms in total. The number of hydrogen-bond donors (Lipinski definition) is 0. The van der Waals surface area contributed by atoms with E-state index in [4.69, 9.17) is 9.47 Å². The molecule has 1 unspecified atom stereocenters. The number of rotatable bonds is 7. The van der Waals surface area contributed by atoms with E-state index in [9.17, 15) is 0 Å². The van der Waals surface area contributed by atoms with Crippen LogP contribution in [0.1, 0.15) is 37.7 Å². The monoisotopic (exact) mass is 339 g/mol. The Morgan fingerprint density at radius 3 is 2.92 bits per heavy atom. The van der Waals surface area contributed by atoms with E-state index in [1.807, 2.05) is 0 Å². The van der Waals surface area contributed by atoms with Crippen LogP contribution in [0.4, 0.5) is 0 Å². The first-order chi connectivity index (χ1) is 12.2. The van der Waals surface area contributed by atoms with Gasteiger partial charge < -0.3 is 14.4 Å². The number of fused-ring (bicyclic) bond motifs is 1. The summed E-state index contributed by atoms with van der Waals surface area (Å²) in [7, 11) is 2.26. The van der Waals surface area contributed by atoms with E-state index in [2.05, 4.69) is 48.9 Å². The molecule has 4 rings (SSSR count). The number of hydrogen-bond acceptors (Lipinski definition) is 3. The van der Waals surface area contributed by atoms with Crippen LogP contribution >= 0.6 is 0 Å². The largest absolute Gasteiger partial charge is 0.489 e. The molecule has 1 aromatic rings. The smallest absolute Gasteiger partial charge is 0.161 e. The van der Waals surface area contributed by atoms with Crippen LogP contribution in [0, 0.1) is 5.92 Å². The van der Waals surface area contributed by atoms with Gasteiger partial charge >= 0.3 is 0 Å². The van der Waals surface area contributed by atoms with Gasteiger partial charge in [0.2, 0.25) is 0 Å². The Hall–Kier alpha value is -1.74. The Morgan fingerprint density at radius 1 is 1.24 bits per heavy atom. The first-order valence-electron chi connectivity index (χ1n) is 9.62. The number of likely N-dealkylation sites (tertiary alicyclic amines) is 1. The molecule has 3 aliphatic rings. The summed E-state index contributed by atoms with van der Waals surface area (Å²) >= 11 is 0. The average molecular weight is 339 g/mol. The van der Waals surface area contributed by atoms with Gasteiger partial charge in [0.15, 0.2) is 11.5 Å². The Morgan fingerprint density at radius 2 is 2.12 bits per heavy atom. The SMILES string of the molecule is C=CCOc1cc([C@@]23C=CCCC2N(C)CC3)ccc1OCC1CC1. The molecule has 2 atom stereocenters. The number of nitrogens with zero attached hydrogens (tertiary/aromatic N) is 1. The van der Waals surface area contributed by atoms with E-state index in [1.165, 1.54) is 37.7 Å². The Kier molecular flexibility index (Phi) is 4.60. The molecule has 2 fully saturated rings. The molecule has 134 valence electrons. The topological polar surface area (TPSA) is 21.7 Å². The van der Waals surface area contributed by atoms with Gasteiger partial charge in [-0.25, -0.2) is 0 Å². The van der Waals surface area contributed by atoms with Crippen LogP contribution in [0.5, 0.6) is 11.5 Å². The molecule has 0 N–H and O–H groups in total. The second-order valence-corrected chi connectivity index (χ2v) is 7.78. The average Bonchev–Trinajstić information content (AvgIpc) is 3.41. The second-order valence-electron chi connectivity index (χ2n) is 7.78. The molecule has 1 aromatic carbocycles. The quantitative estimate of drug-likeness (QED) is 0.690. The Bertz CT molecular complexity index is 664. The summed E-state index contributed by atoms with van der Waals surface area (Å²) in [5.41, 5.74) is 1.48. The van der Waals surface area contributed by atoms with Crippen molar-refractivity contribution in [1.29, 1.82) is 0 Å². The molecule has 25 heavy (non-hydrogen) atoms. The fourth-order valence-electron chi connectivity index (χ4n) is 4.40. The van der Waals surface area contributed by atoms with Gasteiger partial charge in [-0.3, -0.25) is 0 Å². The highest BCUT2D eigenvalue weighted by Gasteiger charge is 2.46. The van der Waals surface area contributed by atoms with Gasteiger partial charge in [0, 0.05) is 11.5 Å². The third-order valence-electron chi connectivity index (χ3n) is 6.04. The van der Waals surface area contributed by atoms with Crippen LogP contribution in [0.2, 0.25) is 0 Å². The minimum absolute atomic E-state index is 0.119. The third-order valence-corrected chi connectivity index (χ3v) is 6.04. The van der Waals surface area contributed by atoms with Crippen LogP contribution in [0.15, 0.2) is 43.0 Å². The number of allylic oxidation sites excluding steroid dienone is 1. The summed E-state index contributed by atoms with van der Waals surface area (Å²) < 4.78 is 12.0. The number of benzene rings is 1. The van der Waals surface area contributed by atoms with Gasteiger partial charge in [-0.15, -0.1) is 0 Å². The first kappa shape index (κ1) is 16.7. The minimum Gasteiger partial charge on any atom is -0.489 e. The van der Waals surface area contributed by atoms with Crippen molar-refractivity contribution in [2.24, 2.45) is 5.92 Å². The molecular formula is C22H29NO2. The Balaban J connectivity index is 1.65. The molecule has 1 aliphatic heterocycles.